The van der Waals surface area contributed by atoms with E-state index < -0.39 is 0 Å². The number of methoxy groups -OCH3 is 1. The van der Waals surface area contributed by atoms with Gasteiger partial charge in [-0.15, -0.1) is 0 Å². The highest BCUT2D eigenvalue weighted by Gasteiger charge is 2.29. The number of carbonyl (C=O) groups is 2. The van der Waals surface area contributed by atoms with Gasteiger partial charge in [-0.3, -0.25) is 14.5 Å². The van der Waals surface area contributed by atoms with E-state index in [1.807, 2.05) is 35.2 Å². The molecule has 1 unspecified atom stereocenters. The lowest BCUT2D eigenvalue weighted by molar-refractivity contribution is -0.141. The molecule has 1 N–H and O–H groups in total. The van der Waals surface area contributed by atoms with Crippen molar-refractivity contribution in [2.75, 3.05) is 13.7 Å². The van der Waals surface area contributed by atoms with Crippen molar-refractivity contribution in [3.8, 4) is 0 Å². The van der Waals surface area contributed by atoms with E-state index in [1.54, 1.807) is 0 Å². The van der Waals surface area contributed by atoms with Gasteiger partial charge in [0.05, 0.1) is 19.8 Å². The van der Waals surface area contributed by atoms with Gasteiger partial charge >= 0.3 is 5.97 Å². The van der Waals surface area contributed by atoms with Crippen LogP contribution in [0.1, 0.15) is 18.4 Å². The first-order valence-electron chi connectivity index (χ1n) is 6.33. The van der Waals surface area contributed by atoms with Gasteiger partial charge in [0, 0.05) is 13.0 Å². The third-order valence-corrected chi connectivity index (χ3v) is 3.19. The number of nitrogens with zero attached hydrogens (tertiary/aromatic N) is 1. The molecule has 0 saturated carbocycles. The number of nitrogens with one attached hydrogen (secondary N) is 1. The fraction of sp³-hybridized carbons (Fsp3) is 0.429. The summed E-state index contributed by atoms with van der Waals surface area (Å²) >= 11 is 0. The molecule has 0 bridgehead atoms. The number of hydrogen-bond donors (Lipinski definition) is 1. The summed E-state index contributed by atoms with van der Waals surface area (Å²) in [4.78, 5) is 24.7. The zero-order valence-electron chi connectivity index (χ0n) is 11.0. The molecular weight excluding hydrogens is 244 g/mol. The van der Waals surface area contributed by atoms with E-state index in [4.69, 9.17) is 0 Å². The average Bonchev–Trinajstić information content (AvgIpc) is 2.77. The molecule has 1 aliphatic rings. The summed E-state index contributed by atoms with van der Waals surface area (Å²) in [5.41, 5.74) is 1.15. The van der Waals surface area contributed by atoms with E-state index in [0.717, 1.165) is 5.56 Å². The second-order valence-electron chi connectivity index (χ2n) is 4.59. The number of esters is 1. The Morgan fingerprint density at radius 3 is 2.84 bits per heavy atom. The number of hydrogen-bond acceptors (Lipinski definition) is 4. The normalized spacial score (nSPS) is 19.2. The van der Waals surface area contributed by atoms with Crippen LogP contribution in [0.25, 0.3) is 0 Å². The first kappa shape index (κ1) is 13.5. The Bertz CT molecular complexity index is 447. The lowest BCUT2D eigenvalue weighted by Crippen LogP contribution is -2.36. The predicted octanol–water partition coefficient (Wildman–Crippen LogP) is 0.898. The Morgan fingerprint density at radius 1 is 1.42 bits per heavy atom. The molecule has 0 radical (unpaired) electrons. The first-order valence-corrected chi connectivity index (χ1v) is 6.33. The molecule has 102 valence electrons. The van der Waals surface area contributed by atoms with Crippen LogP contribution in [-0.4, -0.2) is 36.6 Å². The maximum absolute atomic E-state index is 11.5. The van der Waals surface area contributed by atoms with Gasteiger partial charge < -0.3 is 10.1 Å². The standard InChI is InChI=1S/C14H18N2O3/c1-19-14(18)8-7-12-15-13(17)10-16(12)9-11-5-3-2-4-6-11/h2-6,12H,7-10H2,1H3,(H,15,17). The quantitative estimate of drug-likeness (QED) is 0.801. The number of amides is 1. The van der Waals surface area contributed by atoms with E-state index in [9.17, 15) is 9.59 Å². The van der Waals surface area contributed by atoms with Crippen molar-refractivity contribution < 1.29 is 14.3 Å². The van der Waals surface area contributed by atoms with E-state index in [1.165, 1.54) is 7.11 Å². The highest BCUT2D eigenvalue weighted by molar-refractivity contribution is 5.80. The molecule has 0 spiro atoms. The topological polar surface area (TPSA) is 58.6 Å². The van der Waals surface area contributed by atoms with Crippen molar-refractivity contribution >= 4 is 11.9 Å². The summed E-state index contributed by atoms with van der Waals surface area (Å²) in [5, 5.41) is 2.88. The molecule has 0 aromatic heterocycles. The van der Waals surface area contributed by atoms with Crippen LogP contribution < -0.4 is 5.32 Å². The fourth-order valence-electron chi connectivity index (χ4n) is 2.21. The van der Waals surface area contributed by atoms with Gasteiger partial charge in [0.1, 0.15) is 0 Å². The minimum Gasteiger partial charge on any atom is -0.469 e. The molecule has 19 heavy (non-hydrogen) atoms. The number of ether oxygens (including phenoxy) is 1. The SMILES string of the molecule is COC(=O)CCC1NC(=O)CN1Cc1ccccc1. The van der Waals surface area contributed by atoms with Crippen LogP contribution in [0.2, 0.25) is 0 Å². The van der Waals surface area contributed by atoms with Crippen molar-refractivity contribution in [3.05, 3.63) is 35.9 Å². The predicted molar refractivity (Wildman–Crippen MR) is 70.0 cm³/mol. The van der Waals surface area contributed by atoms with Gasteiger partial charge in [-0.1, -0.05) is 30.3 Å². The molecule has 5 nitrogen and oxygen atoms in total. The van der Waals surface area contributed by atoms with Crippen LogP contribution in [-0.2, 0) is 20.9 Å². The van der Waals surface area contributed by atoms with Gasteiger partial charge in [0.15, 0.2) is 0 Å². The average molecular weight is 262 g/mol. The highest BCUT2D eigenvalue weighted by Crippen LogP contribution is 2.14. The van der Waals surface area contributed by atoms with Gasteiger partial charge in [0.2, 0.25) is 5.91 Å². The largest absolute Gasteiger partial charge is 0.469 e. The van der Waals surface area contributed by atoms with Crippen molar-refractivity contribution in [3.63, 3.8) is 0 Å². The van der Waals surface area contributed by atoms with Gasteiger partial charge in [-0.2, -0.15) is 0 Å². The minimum absolute atomic E-state index is 0.00537. The molecule has 1 aliphatic heterocycles. The van der Waals surface area contributed by atoms with E-state index in [2.05, 4.69) is 10.1 Å². The summed E-state index contributed by atoms with van der Waals surface area (Å²) in [5.74, 6) is -0.244. The smallest absolute Gasteiger partial charge is 0.305 e. The fourth-order valence-corrected chi connectivity index (χ4v) is 2.21. The van der Waals surface area contributed by atoms with Crippen LogP contribution in [0.4, 0.5) is 0 Å². The molecule has 1 saturated heterocycles. The summed E-state index contributed by atoms with van der Waals surface area (Å²) in [6.45, 7) is 1.08. The lowest BCUT2D eigenvalue weighted by atomic mass is 10.2. The highest BCUT2D eigenvalue weighted by atomic mass is 16.5. The Hall–Kier alpha value is -1.88. The number of benzene rings is 1. The van der Waals surface area contributed by atoms with Crippen molar-refractivity contribution in [1.82, 2.24) is 10.2 Å². The molecule has 5 heteroatoms. The zero-order chi connectivity index (χ0) is 13.7. The monoisotopic (exact) mass is 262 g/mol. The number of rotatable bonds is 5. The zero-order valence-corrected chi connectivity index (χ0v) is 11.0. The van der Waals surface area contributed by atoms with Crippen molar-refractivity contribution in [2.24, 2.45) is 0 Å². The molecule has 1 atom stereocenters. The van der Waals surface area contributed by atoms with Crippen LogP contribution in [0.5, 0.6) is 0 Å². The van der Waals surface area contributed by atoms with Crippen LogP contribution >= 0.6 is 0 Å². The molecule has 1 fully saturated rings. The summed E-state index contributed by atoms with van der Waals surface area (Å²) < 4.78 is 4.62. The van der Waals surface area contributed by atoms with Gasteiger partial charge in [-0.25, -0.2) is 0 Å². The molecular formula is C14H18N2O3. The Kier molecular flexibility index (Phi) is 4.52. The molecule has 1 heterocycles. The van der Waals surface area contributed by atoms with Crippen molar-refractivity contribution in [2.45, 2.75) is 25.6 Å². The van der Waals surface area contributed by atoms with Crippen LogP contribution in [0.15, 0.2) is 30.3 Å². The number of carbonyl (C=O) groups excluding carboxylic acids is 2. The maximum atomic E-state index is 11.5. The Morgan fingerprint density at radius 2 is 2.16 bits per heavy atom. The van der Waals surface area contributed by atoms with Crippen molar-refractivity contribution in [1.29, 1.82) is 0 Å². The summed E-state index contributed by atoms with van der Waals surface area (Å²) in [6.07, 6.45) is 0.796. The summed E-state index contributed by atoms with van der Waals surface area (Å²) in [7, 11) is 1.37. The molecule has 0 aliphatic carbocycles. The third-order valence-electron chi connectivity index (χ3n) is 3.19. The van der Waals surface area contributed by atoms with Gasteiger partial charge in [0.25, 0.3) is 0 Å². The van der Waals surface area contributed by atoms with Crippen LogP contribution in [0, 0.1) is 0 Å². The Balaban J connectivity index is 1.93. The molecule has 1 aromatic rings. The summed E-state index contributed by atoms with van der Waals surface area (Å²) in [6, 6.07) is 9.97. The van der Waals surface area contributed by atoms with E-state index in [0.29, 0.717) is 25.9 Å². The molecule has 1 aromatic carbocycles. The van der Waals surface area contributed by atoms with Crippen LogP contribution in [0.3, 0.4) is 0 Å². The lowest BCUT2D eigenvalue weighted by Gasteiger charge is -2.22. The maximum Gasteiger partial charge on any atom is 0.305 e. The van der Waals surface area contributed by atoms with E-state index >= 15 is 0 Å². The third kappa shape index (κ3) is 3.79. The first-order chi connectivity index (χ1) is 9.19. The minimum atomic E-state index is -0.249. The second kappa shape index (κ2) is 6.33. The van der Waals surface area contributed by atoms with Gasteiger partial charge in [-0.05, 0) is 12.0 Å². The molecule has 2 rings (SSSR count). The molecule has 1 amide bonds. The Labute approximate surface area is 112 Å². The van der Waals surface area contributed by atoms with E-state index in [-0.39, 0.29) is 18.0 Å². The second-order valence-corrected chi connectivity index (χ2v) is 4.59.